The smallest absolute Gasteiger partial charge is 0.167 e. The van der Waals surface area contributed by atoms with Crippen LogP contribution in [0.1, 0.15) is 69.4 Å². The SMILES string of the molecule is CCCCOc1ccc(-c2ccc(/C=C/C3CCC(c4ccc(OCC)c(F)c4)CC3)c(F)c2F)cc1. The number of benzene rings is 3. The van der Waals surface area contributed by atoms with Gasteiger partial charge in [0, 0.05) is 11.1 Å². The molecule has 0 saturated heterocycles. The summed E-state index contributed by atoms with van der Waals surface area (Å²) in [6.45, 7) is 5.01. The van der Waals surface area contributed by atoms with Crippen LogP contribution in [-0.2, 0) is 0 Å². The Morgan fingerprint density at radius 1 is 0.838 bits per heavy atom. The van der Waals surface area contributed by atoms with Crippen molar-refractivity contribution in [1.29, 1.82) is 0 Å². The molecule has 0 atom stereocenters. The first-order valence-electron chi connectivity index (χ1n) is 13.3. The highest BCUT2D eigenvalue weighted by molar-refractivity contribution is 5.67. The summed E-state index contributed by atoms with van der Waals surface area (Å²) in [5, 5.41) is 0. The highest BCUT2D eigenvalue weighted by atomic mass is 19.2. The van der Waals surface area contributed by atoms with Crippen molar-refractivity contribution >= 4 is 6.08 Å². The Labute approximate surface area is 218 Å². The average molecular weight is 509 g/mol. The molecule has 37 heavy (non-hydrogen) atoms. The van der Waals surface area contributed by atoms with Gasteiger partial charge < -0.3 is 9.47 Å². The van der Waals surface area contributed by atoms with E-state index in [9.17, 15) is 13.2 Å². The fraction of sp³-hybridized carbons (Fsp3) is 0.375. The van der Waals surface area contributed by atoms with Crippen LogP contribution in [0.3, 0.4) is 0 Å². The van der Waals surface area contributed by atoms with Crippen molar-refractivity contribution in [1.82, 2.24) is 0 Å². The first-order chi connectivity index (χ1) is 18.0. The third kappa shape index (κ3) is 6.76. The Bertz CT molecular complexity index is 1200. The molecular formula is C32H35F3O2. The van der Waals surface area contributed by atoms with Crippen molar-refractivity contribution in [2.75, 3.05) is 13.2 Å². The zero-order valence-electron chi connectivity index (χ0n) is 21.6. The molecule has 1 aliphatic rings. The van der Waals surface area contributed by atoms with Crippen LogP contribution in [-0.4, -0.2) is 13.2 Å². The summed E-state index contributed by atoms with van der Waals surface area (Å²) < 4.78 is 55.0. The quantitative estimate of drug-likeness (QED) is 0.254. The van der Waals surface area contributed by atoms with Crippen molar-refractivity contribution in [3.05, 3.63) is 89.3 Å². The standard InChI is InChI=1S/C32H35F3O2/c1-3-5-20-37-27-16-12-24(13-17-27)28-18-14-25(31(34)32(28)35)11-8-22-6-9-23(10-7-22)26-15-19-30(36-4-2)29(33)21-26/h8,11-19,21-23H,3-7,9-10,20H2,1-2H3/b11-8+. The molecule has 0 N–H and O–H groups in total. The monoisotopic (exact) mass is 508 g/mol. The van der Waals surface area contributed by atoms with Gasteiger partial charge in [0.1, 0.15) is 5.75 Å². The van der Waals surface area contributed by atoms with Crippen LogP contribution in [0, 0.1) is 23.4 Å². The second-order valence-electron chi connectivity index (χ2n) is 9.65. The average Bonchev–Trinajstić information content (AvgIpc) is 2.92. The predicted molar refractivity (Wildman–Crippen MR) is 143 cm³/mol. The molecule has 0 unspecified atom stereocenters. The van der Waals surface area contributed by atoms with E-state index in [4.69, 9.17) is 9.47 Å². The molecule has 0 spiro atoms. The summed E-state index contributed by atoms with van der Waals surface area (Å²) in [6, 6.07) is 15.6. The van der Waals surface area contributed by atoms with Gasteiger partial charge in [-0.05, 0) is 86.3 Å². The molecule has 0 amide bonds. The summed E-state index contributed by atoms with van der Waals surface area (Å²) in [5.74, 6) is -0.410. The lowest BCUT2D eigenvalue weighted by atomic mass is 9.78. The molecule has 4 rings (SSSR count). The van der Waals surface area contributed by atoms with Gasteiger partial charge >= 0.3 is 0 Å². The predicted octanol–water partition coefficient (Wildman–Crippen LogP) is 9.34. The van der Waals surface area contributed by atoms with E-state index in [1.165, 1.54) is 0 Å². The van der Waals surface area contributed by atoms with Gasteiger partial charge in [-0.1, -0.05) is 55.8 Å². The maximum atomic E-state index is 14.9. The molecule has 1 aliphatic carbocycles. The zero-order valence-corrected chi connectivity index (χ0v) is 21.6. The highest BCUT2D eigenvalue weighted by Crippen LogP contribution is 2.38. The van der Waals surface area contributed by atoms with Gasteiger partial charge in [-0.2, -0.15) is 0 Å². The van der Waals surface area contributed by atoms with E-state index in [2.05, 4.69) is 6.92 Å². The number of rotatable bonds is 10. The number of ether oxygens (including phenoxy) is 2. The van der Waals surface area contributed by atoms with Crippen LogP contribution in [0.5, 0.6) is 11.5 Å². The van der Waals surface area contributed by atoms with Crippen molar-refractivity contribution in [3.63, 3.8) is 0 Å². The van der Waals surface area contributed by atoms with E-state index < -0.39 is 11.6 Å². The van der Waals surface area contributed by atoms with Gasteiger partial charge in [0.05, 0.1) is 13.2 Å². The first kappa shape index (κ1) is 26.8. The van der Waals surface area contributed by atoms with Crippen LogP contribution in [0.15, 0.2) is 60.7 Å². The normalized spacial score (nSPS) is 17.8. The lowest BCUT2D eigenvalue weighted by Gasteiger charge is -2.27. The molecule has 1 fully saturated rings. The zero-order chi connectivity index (χ0) is 26.2. The molecule has 1 saturated carbocycles. The molecule has 0 aromatic heterocycles. The maximum Gasteiger partial charge on any atom is 0.167 e. The molecular weight excluding hydrogens is 473 g/mol. The second kappa shape index (κ2) is 12.8. The topological polar surface area (TPSA) is 18.5 Å². The van der Waals surface area contributed by atoms with E-state index in [-0.39, 0.29) is 28.6 Å². The number of hydrogen-bond acceptors (Lipinski definition) is 2. The van der Waals surface area contributed by atoms with Crippen LogP contribution in [0.25, 0.3) is 17.2 Å². The van der Waals surface area contributed by atoms with E-state index in [1.807, 2.05) is 19.1 Å². The largest absolute Gasteiger partial charge is 0.494 e. The van der Waals surface area contributed by atoms with Gasteiger partial charge in [0.2, 0.25) is 0 Å². The van der Waals surface area contributed by atoms with Crippen molar-refractivity contribution < 1.29 is 22.6 Å². The first-order valence-corrected chi connectivity index (χ1v) is 13.3. The fourth-order valence-corrected chi connectivity index (χ4v) is 4.91. The summed E-state index contributed by atoms with van der Waals surface area (Å²) in [7, 11) is 0. The molecule has 0 bridgehead atoms. The van der Waals surface area contributed by atoms with Crippen molar-refractivity contribution in [2.24, 2.45) is 5.92 Å². The molecule has 0 heterocycles. The van der Waals surface area contributed by atoms with Gasteiger partial charge in [-0.15, -0.1) is 0 Å². The molecule has 3 aromatic carbocycles. The van der Waals surface area contributed by atoms with Crippen molar-refractivity contribution in [3.8, 4) is 22.6 Å². The molecule has 196 valence electrons. The van der Waals surface area contributed by atoms with Gasteiger partial charge in [0.15, 0.2) is 23.2 Å². The fourth-order valence-electron chi connectivity index (χ4n) is 4.91. The van der Waals surface area contributed by atoms with Crippen LogP contribution in [0.4, 0.5) is 13.2 Å². The van der Waals surface area contributed by atoms with Gasteiger partial charge in [-0.3, -0.25) is 0 Å². The summed E-state index contributed by atoms with van der Waals surface area (Å²) >= 11 is 0. The molecule has 3 aromatic rings. The van der Waals surface area contributed by atoms with E-state index in [0.717, 1.165) is 49.8 Å². The number of allylic oxidation sites excluding steroid dienone is 1. The minimum Gasteiger partial charge on any atom is -0.494 e. The Hall–Kier alpha value is -3.21. The molecule has 0 radical (unpaired) electrons. The number of halogens is 3. The summed E-state index contributed by atoms with van der Waals surface area (Å²) in [4.78, 5) is 0. The van der Waals surface area contributed by atoms with Crippen LogP contribution >= 0.6 is 0 Å². The lowest BCUT2D eigenvalue weighted by Crippen LogP contribution is -2.12. The Kier molecular flexibility index (Phi) is 9.32. The Morgan fingerprint density at radius 3 is 2.27 bits per heavy atom. The van der Waals surface area contributed by atoms with Crippen LogP contribution in [0.2, 0.25) is 0 Å². The molecule has 2 nitrogen and oxygen atoms in total. The minimum absolute atomic E-state index is 0.234. The van der Waals surface area contributed by atoms with Gasteiger partial charge in [-0.25, -0.2) is 13.2 Å². The van der Waals surface area contributed by atoms with E-state index in [0.29, 0.717) is 24.7 Å². The second-order valence-corrected chi connectivity index (χ2v) is 9.65. The van der Waals surface area contributed by atoms with Crippen molar-refractivity contribution in [2.45, 2.75) is 58.3 Å². The third-order valence-corrected chi connectivity index (χ3v) is 7.09. The van der Waals surface area contributed by atoms with Crippen LogP contribution < -0.4 is 9.47 Å². The molecule has 5 heteroatoms. The summed E-state index contributed by atoms with van der Waals surface area (Å²) in [6.07, 6.45) is 9.39. The van der Waals surface area contributed by atoms with E-state index in [1.54, 1.807) is 54.6 Å². The Balaban J connectivity index is 1.36. The molecule has 0 aliphatic heterocycles. The number of unbranched alkanes of at least 4 members (excludes halogenated alkanes) is 1. The van der Waals surface area contributed by atoms with E-state index >= 15 is 0 Å². The highest BCUT2D eigenvalue weighted by Gasteiger charge is 2.22. The Morgan fingerprint density at radius 2 is 1.59 bits per heavy atom. The third-order valence-electron chi connectivity index (χ3n) is 7.09. The lowest BCUT2D eigenvalue weighted by molar-refractivity contribution is 0.309. The summed E-state index contributed by atoms with van der Waals surface area (Å²) in [5.41, 5.74) is 2.08. The number of hydrogen-bond donors (Lipinski definition) is 0. The maximum absolute atomic E-state index is 14.9. The minimum atomic E-state index is -0.844. The van der Waals surface area contributed by atoms with Gasteiger partial charge in [0.25, 0.3) is 0 Å².